The first-order valence-corrected chi connectivity index (χ1v) is 6.47. The molecule has 6 heteroatoms. The molecule has 0 spiro atoms. The van der Waals surface area contributed by atoms with Crippen LogP contribution in [0.1, 0.15) is 12.5 Å². The number of hydrogen-bond acceptors (Lipinski definition) is 3. The summed E-state index contributed by atoms with van der Waals surface area (Å²) in [5.41, 5.74) is -0.762. The number of carbonyl (C=O) groups is 1. The molecule has 108 valence electrons. The number of amides is 1. The fourth-order valence-corrected chi connectivity index (χ4v) is 3.21. The molecule has 0 aromatic heterocycles. The summed E-state index contributed by atoms with van der Waals surface area (Å²) in [6.07, 6.45) is -0.682. The van der Waals surface area contributed by atoms with Crippen molar-refractivity contribution in [3.63, 3.8) is 0 Å². The number of benzene rings is 1. The van der Waals surface area contributed by atoms with Crippen LogP contribution in [-0.4, -0.2) is 37.0 Å². The second kappa shape index (κ2) is 4.79. The van der Waals surface area contributed by atoms with Gasteiger partial charge in [0.05, 0.1) is 19.3 Å². The minimum atomic E-state index is -1.08. The summed E-state index contributed by atoms with van der Waals surface area (Å²) >= 11 is 0. The van der Waals surface area contributed by atoms with E-state index in [0.717, 1.165) is 5.06 Å². The van der Waals surface area contributed by atoms with Gasteiger partial charge >= 0.3 is 0 Å². The Bertz CT molecular complexity index is 539. The lowest BCUT2D eigenvalue weighted by atomic mass is 9.78. The van der Waals surface area contributed by atoms with Crippen molar-refractivity contribution in [2.24, 2.45) is 5.92 Å². The van der Waals surface area contributed by atoms with Gasteiger partial charge in [-0.1, -0.05) is 18.2 Å². The van der Waals surface area contributed by atoms with Crippen molar-refractivity contribution in [2.45, 2.75) is 18.6 Å². The Morgan fingerprint density at radius 3 is 2.90 bits per heavy atom. The van der Waals surface area contributed by atoms with Crippen LogP contribution in [0.4, 0.5) is 8.78 Å². The number of halogens is 2. The summed E-state index contributed by atoms with van der Waals surface area (Å²) in [5.74, 6) is -1.20. The van der Waals surface area contributed by atoms with Crippen LogP contribution in [0.15, 0.2) is 24.3 Å². The first-order chi connectivity index (χ1) is 9.61. The third-order valence-corrected chi connectivity index (χ3v) is 4.10. The van der Waals surface area contributed by atoms with E-state index in [4.69, 9.17) is 9.57 Å². The van der Waals surface area contributed by atoms with Gasteiger partial charge in [-0.25, -0.2) is 13.8 Å². The Kier molecular flexibility index (Phi) is 3.22. The monoisotopic (exact) mass is 283 g/mol. The number of rotatable bonds is 2. The molecule has 2 fully saturated rings. The molecular weight excluding hydrogens is 268 g/mol. The highest BCUT2D eigenvalue weighted by Gasteiger charge is 2.61. The lowest BCUT2D eigenvalue weighted by Gasteiger charge is -2.34. The molecule has 3 atom stereocenters. The van der Waals surface area contributed by atoms with Crippen LogP contribution < -0.4 is 0 Å². The summed E-state index contributed by atoms with van der Waals surface area (Å²) < 4.78 is 32.7. The Hall–Kier alpha value is -1.53. The normalized spacial score (nSPS) is 32.5. The van der Waals surface area contributed by atoms with Crippen molar-refractivity contribution in [3.8, 4) is 0 Å². The van der Waals surface area contributed by atoms with E-state index in [1.165, 1.54) is 13.0 Å². The van der Waals surface area contributed by atoms with E-state index < -0.39 is 30.1 Å². The Morgan fingerprint density at radius 1 is 1.50 bits per heavy atom. The minimum absolute atomic E-state index is 0.0345. The zero-order chi connectivity index (χ0) is 14.3. The zero-order valence-corrected chi connectivity index (χ0v) is 11.0. The Balaban J connectivity index is 2.13. The van der Waals surface area contributed by atoms with E-state index >= 15 is 0 Å². The smallest absolute Gasteiger partial charge is 0.243 e. The van der Waals surface area contributed by atoms with Gasteiger partial charge in [0.2, 0.25) is 5.91 Å². The fourth-order valence-electron chi connectivity index (χ4n) is 3.21. The second-order valence-electron chi connectivity index (χ2n) is 5.12. The average Bonchev–Trinajstić information content (AvgIpc) is 2.95. The van der Waals surface area contributed by atoms with Crippen molar-refractivity contribution in [3.05, 3.63) is 35.6 Å². The Morgan fingerprint density at radius 2 is 2.25 bits per heavy atom. The number of hydrogen-bond donors (Lipinski definition) is 0. The van der Waals surface area contributed by atoms with E-state index in [1.807, 2.05) is 0 Å². The highest BCUT2D eigenvalue weighted by atomic mass is 19.1. The number of nitrogens with zero attached hydrogens (tertiary/aromatic N) is 1. The maximum atomic E-state index is 14.2. The molecule has 3 rings (SSSR count). The first kappa shape index (κ1) is 13.5. The van der Waals surface area contributed by atoms with Gasteiger partial charge in [-0.2, -0.15) is 0 Å². The maximum Gasteiger partial charge on any atom is 0.243 e. The van der Waals surface area contributed by atoms with Gasteiger partial charge in [0.15, 0.2) is 0 Å². The molecule has 0 saturated carbocycles. The molecule has 2 aliphatic heterocycles. The molecule has 0 aliphatic carbocycles. The standard InChI is InChI=1S/C14H15F2NO3/c1-9(18)17-14(10-4-2-3-5-12(10)16)8-19-13(6-15)11(14)7-20-17/h2-5,11,13H,6-8H2,1H3/t11-,13-,14-/m1/s1. The first-order valence-electron chi connectivity index (χ1n) is 6.47. The van der Waals surface area contributed by atoms with Crippen molar-refractivity contribution in [1.29, 1.82) is 0 Å². The SMILES string of the molecule is CC(=O)N1OC[C@@H]2[C@@H](CF)OC[C@@]21c1ccccc1F. The molecule has 2 saturated heterocycles. The lowest BCUT2D eigenvalue weighted by molar-refractivity contribution is -0.193. The van der Waals surface area contributed by atoms with E-state index in [1.54, 1.807) is 18.2 Å². The average molecular weight is 283 g/mol. The van der Waals surface area contributed by atoms with Crippen LogP contribution in [0.2, 0.25) is 0 Å². The van der Waals surface area contributed by atoms with Gasteiger partial charge in [-0.05, 0) is 6.07 Å². The molecule has 1 aromatic carbocycles. The van der Waals surface area contributed by atoms with Gasteiger partial charge < -0.3 is 4.74 Å². The van der Waals surface area contributed by atoms with Crippen molar-refractivity contribution in [1.82, 2.24) is 5.06 Å². The summed E-state index contributed by atoms with van der Waals surface area (Å²) in [7, 11) is 0. The van der Waals surface area contributed by atoms with Crippen molar-refractivity contribution in [2.75, 3.05) is 19.9 Å². The second-order valence-corrected chi connectivity index (χ2v) is 5.12. The molecule has 0 unspecified atom stereocenters. The predicted molar refractivity (Wildman–Crippen MR) is 65.8 cm³/mol. The topological polar surface area (TPSA) is 38.8 Å². The highest BCUT2D eigenvalue weighted by Crippen LogP contribution is 2.49. The quantitative estimate of drug-likeness (QED) is 0.830. The summed E-state index contributed by atoms with van der Waals surface area (Å²) in [5, 5.41) is 1.14. The third kappa shape index (κ3) is 1.68. The molecular formula is C14H15F2NO3. The number of alkyl halides is 1. The van der Waals surface area contributed by atoms with E-state index in [9.17, 15) is 13.6 Å². The number of hydroxylamine groups is 2. The van der Waals surface area contributed by atoms with Crippen LogP contribution >= 0.6 is 0 Å². The number of ether oxygens (including phenoxy) is 1. The number of carbonyl (C=O) groups excluding carboxylic acids is 1. The third-order valence-electron chi connectivity index (χ3n) is 4.10. The van der Waals surface area contributed by atoms with Crippen LogP contribution in [0.25, 0.3) is 0 Å². The van der Waals surface area contributed by atoms with Crippen LogP contribution in [0, 0.1) is 11.7 Å². The van der Waals surface area contributed by atoms with Crippen molar-refractivity contribution >= 4 is 5.91 Å². The molecule has 0 N–H and O–H groups in total. The molecule has 2 heterocycles. The maximum absolute atomic E-state index is 14.2. The van der Waals surface area contributed by atoms with Crippen molar-refractivity contribution < 1.29 is 23.1 Å². The summed E-state index contributed by atoms with van der Waals surface area (Å²) in [6, 6.07) is 6.17. The van der Waals surface area contributed by atoms with E-state index in [0.29, 0.717) is 5.56 Å². The van der Waals surface area contributed by atoms with E-state index in [-0.39, 0.29) is 19.1 Å². The fraction of sp³-hybridized carbons (Fsp3) is 0.500. The van der Waals surface area contributed by atoms with Gasteiger partial charge in [0.1, 0.15) is 18.0 Å². The zero-order valence-electron chi connectivity index (χ0n) is 11.0. The summed E-state index contributed by atoms with van der Waals surface area (Å²) in [4.78, 5) is 17.2. The van der Waals surface area contributed by atoms with Gasteiger partial charge in [0.25, 0.3) is 0 Å². The predicted octanol–water partition coefficient (Wildman–Crippen LogP) is 1.80. The molecule has 1 amide bonds. The molecule has 0 radical (unpaired) electrons. The largest absolute Gasteiger partial charge is 0.372 e. The highest BCUT2D eigenvalue weighted by molar-refractivity contribution is 5.74. The molecule has 20 heavy (non-hydrogen) atoms. The molecule has 4 nitrogen and oxygen atoms in total. The van der Waals surface area contributed by atoms with E-state index in [2.05, 4.69) is 0 Å². The lowest BCUT2D eigenvalue weighted by Crippen LogP contribution is -2.48. The van der Waals surface area contributed by atoms with Crippen LogP contribution in [-0.2, 0) is 19.9 Å². The van der Waals surface area contributed by atoms with Gasteiger partial charge in [0, 0.05) is 18.4 Å². The van der Waals surface area contributed by atoms with Crippen LogP contribution in [0.3, 0.4) is 0 Å². The van der Waals surface area contributed by atoms with Crippen LogP contribution in [0.5, 0.6) is 0 Å². The molecule has 2 aliphatic rings. The summed E-state index contributed by atoms with van der Waals surface area (Å²) in [6.45, 7) is 0.832. The molecule has 0 bridgehead atoms. The molecule has 1 aromatic rings. The number of fused-ring (bicyclic) bond motifs is 1. The van der Waals surface area contributed by atoms with Gasteiger partial charge in [-0.3, -0.25) is 9.63 Å². The van der Waals surface area contributed by atoms with Gasteiger partial charge in [-0.15, -0.1) is 0 Å². The Labute approximate surface area is 115 Å². The minimum Gasteiger partial charge on any atom is -0.372 e.